The minimum atomic E-state index is -0.00701. The van der Waals surface area contributed by atoms with E-state index in [0.717, 1.165) is 31.3 Å². The van der Waals surface area contributed by atoms with Crippen LogP contribution in [-0.4, -0.2) is 28.0 Å². The summed E-state index contributed by atoms with van der Waals surface area (Å²) in [6.07, 6.45) is 4.72. The van der Waals surface area contributed by atoms with Crippen molar-refractivity contribution >= 4 is 16.8 Å². The Bertz CT molecular complexity index is 978. The molecule has 0 bridgehead atoms. The van der Waals surface area contributed by atoms with Crippen LogP contribution >= 0.6 is 0 Å². The van der Waals surface area contributed by atoms with Gasteiger partial charge in [-0.05, 0) is 37.0 Å². The molecule has 1 amide bonds. The van der Waals surface area contributed by atoms with E-state index < -0.39 is 0 Å². The number of para-hydroxylation sites is 1. The van der Waals surface area contributed by atoms with Gasteiger partial charge in [-0.1, -0.05) is 42.5 Å². The molecule has 1 atom stereocenters. The quantitative estimate of drug-likeness (QED) is 0.728. The predicted octanol–water partition coefficient (Wildman–Crippen LogP) is 3.24. The highest BCUT2D eigenvalue weighted by Gasteiger charge is 2.28. The van der Waals surface area contributed by atoms with E-state index in [9.17, 15) is 9.59 Å². The molecule has 132 valence electrons. The fraction of sp³-hybridized carbons (Fsp3) is 0.273. The molecule has 1 aliphatic rings. The first-order valence-electron chi connectivity index (χ1n) is 9.14. The minimum Gasteiger partial charge on any atom is -0.338 e. The smallest absolute Gasteiger partial charge is 0.242 e. The van der Waals surface area contributed by atoms with E-state index in [1.54, 1.807) is 12.3 Å². The summed E-state index contributed by atoms with van der Waals surface area (Å²) in [5, 5.41) is 0.657. The van der Waals surface area contributed by atoms with Crippen LogP contribution in [0.4, 0.5) is 0 Å². The second-order valence-corrected chi connectivity index (χ2v) is 6.90. The molecule has 0 saturated carbocycles. The lowest BCUT2D eigenvalue weighted by atomic mass is 10.0. The van der Waals surface area contributed by atoms with E-state index in [2.05, 4.69) is 12.1 Å². The van der Waals surface area contributed by atoms with Crippen molar-refractivity contribution in [1.29, 1.82) is 0 Å². The van der Waals surface area contributed by atoms with Crippen LogP contribution in [0.15, 0.2) is 71.7 Å². The first kappa shape index (κ1) is 16.6. The van der Waals surface area contributed by atoms with Crippen molar-refractivity contribution in [2.24, 2.45) is 0 Å². The summed E-state index contributed by atoms with van der Waals surface area (Å²) in [5.74, 6) is 0.122. The Balaban J connectivity index is 1.54. The maximum atomic E-state index is 13.0. The molecule has 1 fully saturated rings. The number of rotatable bonds is 4. The summed E-state index contributed by atoms with van der Waals surface area (Å²) in [7, 11) is 0. The second kappa shape index (κ2) is 7.16. The standard InChI is InChI=1S/C22H22N2O2/c25-21-12-14-23(20-11-5-4-10-19(20)21)16-22(26)24-13-6-9-18(24)15-17-7-2-1-3-8-17/h1-5,7-8,10-12,14,18H,6,9,13,15-16H2/t18-/m0/s1. The molecule has 0 unspecified atom stereocenters. The van der Waals surface area contributed by atoms with E-state index in [-0.39, 0.29) is 23.9 Å². The fourth-order valence-corrected chi connectivity index (χ4v) is 3.90. The first-order valence-corrected chi connectivity index (χ1v) is 9.14. The lowest BCUT2D eigenvalue weighted by Crippen LogP contribution is -2.39. The maximum absolute atomic E-state index is 13.0. The van der Waals surface area contributed by atoms with Crippen molar-refractivity contribution in [2.45, 2.75) is 31.8 Å². The molecule has 4 rings (SSSR count). The van der Waals surface area contributed by atoms with E-state index in [1.165, 1.54) is 5.56 Å². The molecule has 3 aromatic rings. The number of hydrogen-bond acceptors (Lipinski definition) is 2. The summed E-state index contributed by atoms with van der Waals surface area (Å²) in [6.45, 7) is 1.08. The number of aromatic nitrogens is 1. The van der Waals surface area contributed by atoms with E-state index in [1.807, 2.05) is 51.9 Å². The molecule has 0 N–H and O–H groups in total. The average molecular weight is 346 g/mol. The van der Waals surface area contributed by atoms with Crippen LogP contribution in [0.1, 0.15) is 18.4 Å². The Kier molecular flexibility index (Phi) is 4.57. The number of carbonyl (C=O) groups is 1. The average Bonchev–Trinajstić information content (AvgIpc) is 3.13. The number of nitrogens with zero attached hydrogens (tertiary/aromatic N) is 2. The summed E-state index contributed by atoms with van der Waals surface area (Å²) in [4.78, 5) is 27.0. The molecular formula is C22H22N2O2. The summed E-state index contributed by atoms with van der Waals surface area (Å²) in [6, 6.07) is 19.6. The Labute approximate surface area is 152 Å². The van der Waals surface area contributed by atoms with Crippen LogP contribution < -0.4 is 5.43 Å². The van der Waals surface area contributed by atoms with Crippen molar-refractivity contribution in [1.82, 2.24) is 9.47 Å². The molecule has 1 aromatic heterocycles. The van der Waals surface area contributed by atoms with Gasteiger partial charge >= 0.3 is 0 Å². The third kappa shape index (κ3) is 3.27. The van der Waals surface area contributed by atoms with Crippen LogP contribution in [0.25, 0.3) is 10.9 Å². The lowest BCUT2D eigenvalue weighted by Gasteiger charge is -2.25. The topological polar surface area (TPSA) is 42.3 Å². The highest BCUT2D eigenvalue weighted by molar-refractivity contribution is 5.82. The fourth-order valence-electron chi connectivity index (χ4n) is 3.90. The molecule has 1 aliphatic heterocycles. The molecule has 4 heteroatoms. The van der Waals surface area contributed by atoms with Crippen LogP contribution in [0.2, 0.25) is 0 Å². The zero-order chi connectivity index (χ0) is 17.9. The maximum Gasteiger partial charge on any atom is 0.242 e. The molecule has 0 radical (unpaired) electrons. The zero-order valence-electron chi connectivity index (χ0n) is 14.7. The monoisotopic (exact) mass is 346 g/mol. The number of hydrogen-bond donors (Lipinski definition) is 0. The number of benzene rings is 2. The molecular weight excluding hydrogens is 324 g/mol. The minimum absolute atomic E-state index is 0.00701. The number of amides is 1. The van der Waals surface area contributed by atoms with Gasteiger partial charge in [-0.2, -0.15) is 0 Å². The van der Waals surface area contributed by atoms with Gasteiger partial charge in [0.25, 0.3) is 0 Å². The van der Waals surface area contributed by atoms with Crippen molar-refractivity contribution in [3.05, 3.63) is 82.6 Å². The normalized spacial score (nSPS) is 16.9. The summed E-state index contributed by atoms with van der Waals surface area (Å²) < 4.78 is 1.89. The molecule has 1 saturated heterocycles. The highest BCUT2D eigenvalue weighted by Crippen LogP contribution is 2.22. The van der Waals surface area contributed by atoms with Crippen LogP contribution in [-0.2, 0) is 17.8 Å². The SMILES string of the molecule is O=C(Cn1ccc(=O)c2ccccc21)N1CCC[C@H]1Cc1ccccc1. The van der Waals surface area contributed by atoms with Gasteiger partial charge < -0.3 is 9.47 Å². The Hall–Kier alpha value is -2.88. The molecule has 0 spiro atoms. The van der Waals surface area contributed by atoms with Crippen molar-refractivity contribution in [3.8, 4) is 0 Å². The zero-order valence-corrected chi connectivity index (χ0v) is 14.7. The third-order valence-corrected chi connectivity index (χ3v) is 5.20. The van der Waals surface area contributed by atoms with Crippen LogP contribution in [0.5, 0.6) is 0 Å². The molecule has 0 aliphatic carbocycles. The lowest BCUT2D eigenvalue weighted by molar-refractivity contribution is -0.132. The Morgan fingerprint density at radius 3 is 2.62 bits per heavy atom. The molecule has 2 aromatic carbocycles. The van der Waals surface area contributed by atoms with Crippen LogP contribution in [0, 0.1) is 0 Å². The molecule has 4 nitrogen and oxygen atoms in total. The van der Waals surface area contributed by atoms with E-state index in [4.69, 9.17) is 0 Å². The van der Waals surface area contributed by atoms with Gasteiger partial charge in [0, 0.05) is 30.2 Å². The predicted molar refractivity (Wildman–Crippen MR) is 103 cm³/mol. The van der Waals surface area contributed by atoms with Crippen LogP contribution in [0.3, 0.4) is 0 Å². The second-order valence-electron chi connectivity index (χ2n) is 6.90. The molecule has 26 heavy (non-hydrogen) atoms. The number of pyridine rings is 1. The summed E-state index contributed by atoms with van der Waals surface area (Å²) in [5.41, 5.74) is 2.07. The van der Waals surface area contributed by atoms with Gasteiger partial charge in [0.2, 0.25) is 5.91 Å². The van der Waals surface area contributed by atoms with Crippen molar-refractivity contribution in [3.63, 3.8) is 0 Å². The number of likely N-dealkylation sites (tertiary alicyclic amines) is 1. The van der Waals surface area contributed by atoms with E-state index >= 15 is 0 Å². The van der Waals surface area contributed by atoms with Gasteiger partial charge in [-0.3, -0.25) is 9.59 Å². The number of carbonyl (C=O) groups excluding carboxylic acids is 1. The van der Waals surface area contributed by atoms with Gasteiger partial charge in [0.05, 0.1) is 5.52 Å². The third-order valence-electron chi connectivity index (χ3n) is 5.20. The van der Waals surface area contributed by atoms with Gasteiger partial charge in [0.15, 0.2) is 5.43 Å². The molecule has 2 heterocycles. The Morgan fingerprint density at radius 2 is 1.77 bits per heavy atom. The van der Waals surface area contributed by atoms with E-state index in [0.29, 0.717) is 5.39 Å². The van der Waals surface area contributed by atoms with Crippen molar-refractivity contribution < 1.29 is 4.79 Å². The Morgan fingerprint density at radius 1 is 1.00 bits per heavy atom. The summed E-state index contributed by atoms with van der Waals surface area (Å²) >= 11 is 0. The van der Waals surface area contributed by atoms with Crippen molar-refractivity contribution in [2.75, 3.05) is 6.54 Å². The van der Waals surface area contributed by atoms with Gasteiger partial charge in [0.1, 0.15) is 6.54 Å². The largest absolute Gasteiger partial charge is 0.338 e. The highest BCUT2D eigenvalue weighted by atomic mass is 16.2. The van der Waals surface area contributed by atoms with Gasteiger partial charge in [-0.15, -0.1) is 0 Å². The first-order chi connectivity index (χ1) is 12.7. The van der Waals surface area contributed by atoms with Gasteiger partial charge in [-0.25, -0.2) is 0 Å². The number of fused-ring (bicyclic) bond motifs is 1.